The molecule has 5 rings (SSSR count). The molecule has 0 bridgehead atoms. The molecule has 1 aliphatic rings. The smallest absolute Gasteiger partial charge is 0.184 e. The van der Waals surface area contributed by atoms with Crippen LogP contribution < -0.4 is 10.1 Å². The van der Waals surface area contributed by atoms with Gasteiger partial charge in [0.1, 0.15) is 11.5 Å². The maximum Gasteiger partial charge on any atom is 0.184 e. The second-order valence-electron chi connectivity index (χ2n) is 8.34. The van der Waals surface area contributed by atoms with Crippen LogP contribution in [0.25, 0.3) is 21.1 Å². The lowest BCUT2D eigenvalue weighted by atomic mass is 9.85. The number of benzene rings is 2. The van der Waals surface area contributed by atoms with Crippen molar-refractivity contribution in [1.82, 2.24) is 9.97 Å². The minimum atomic E-state index is 0.0579. The van der Waals surface area contributed by atoms with E-state index in [0.29, 0.717) is 5.92 Å². The van der Waals surface area contributed by atoms with Gasteiger partial charge in [0.2, 0.25) is 0 Å². The molecule has 6 heteroatoms. The van der Waals surface area contributed by atoms with Gasteiger partial charge >= 0.3 is 0 Å². The third-order valence-corrected chi connectivity index (χ3v) is 7.04. The van der Waals surface area contributed by atoms with Crippen LogP contribution in [0, 0.1) is 5.92 Å². The predicted octanol–water partition coefficient (Wildman–Crippen LogP) is 6.38. The van der Waals surface area contributed by atoms with Crippen molar-refractivity contribution in [2.75, 3.05) is 11.9 Å². The first-order valence-corrected chi connectivity index (χ1v) is 11.9. The Labute approximate surface area is 186 Å². The highest BCUT2D eigenvalue weighted by Crippen LogP contribution is 2.34. The lowest BCUT2D eigenvalue weighted by Crippen LogP contribution is -2.27. The van der Waals surface area contributed by atoms with Gasteiger partial charge in [-0.05, 0) is 42.7 Å². The first-order valence-electron chi connectivity index (χ1n) is 11.1. The molecule has 2 heterocycles. The quantitative estimate of drug-likeness (QED) is 0.354. The number of hydrogen-bond donors (Lipinski definition) is 2. The number of aliphatic hydroxyl groups is 1. The summed E-state index contributed by atoms with van der Waals surface area (Å²) >= 11 is 1.61. The van der Waals surface area contributed by atoms with Crippen LogP contribution in [0.2, 0.25) is 0 Å². The maximum atomic E-state index is 9.88. The molecule has 1 saturated carbocycles. The summed E-state index contributed by atoms with van der Waals surface area (Å²) in [4.78, 5) is 9.12. The molecule has 2 aromatic heterocycles. The Balaban J connectivity index is 1.32. The number of nitrogens with zero attached hydrogens (tertiary/aromatic N) is 2. The molecule has 1 atom stereocenters. The molecule has 0 aliphatic heterocycles. The van der Waals surface area contributed by atoms with Crippen LogP contribution in [-0.2, 0) is 0 Å². The molecule has 2 aromatic carbocycles. The van der Waals surface area contributed by atoms with Gasteiger partial charge in [-0.25, -0.2) is 4.98 Å². The third kappa shape index (κ3) is 4.65. The number of rotatable bonds is 7. The van der Waals surface area contributed by atoms with E-state index in [9.17, 15) is 5.11 Å². The molecule has 0 unspecified atom stereocenters. The number of nitrogens with one attached hydrogen (secondary N) is 1. The molecule has 4 aromatic rings. The molecule has 31 heavy (non-hydrogen) atoms. The predicted molar refractivity (Wildman–Crippen MR) is 127 cm³/mol. The van der Waals surface area contributed by atoms with Crippen molar-refractivity contribution in [3.8, 4) is 11.5 Å². The minimum absolute atomic E-state index is 0.0579. The molecule has 160 valence electrons. The number of anilines is 1. The summed E-state index contributed by atoms with van der Waals surface area (Å²) in [6, 6.07) is 15.9. The first-order chi connectivity index (χ1) is 15.3. The van der Waals surface area contributed by atoms with Gasteiger partial charge in [0.05, 0.1) is 28.4 Å². The van der Waals surface area contributed by atoms with Crippen LogP contribution in [-0.4, -0.2) is 27.7 Å². The standard InChI is InChI=1S/C25H27N3O2S/c29-16-18(14-17-6-2-1-3-7-17)27-25-28-22-11-10-19(15-24(22)31-25)30-23-12-13-26-21-9-5-4-8-20(21)23/h4-5,8-13,15,17-18,29H,1-3,6-7,14,16H2,(H,27,28)/t18-/m0/s1. The number of ether oxygens (including phenoxy) is 1. The van der Waals surface area contributed by atoms with Crippen molar-refractivity contribution >= 4 is 37.6 Å². The lowest BCUT2D eigenvalue weighted by Gasteiger charge is -2.25. The van der Waals surface area contributed by atoms with E-state index in [4.69, 9.17) is 9.72 Å². The van der Waals surface area contributed by atoms with Gasteiger partial charge in [-0.15, -0.1) is 0 Å². The maximum absolute atomic E-state index is 9.88. The van der Waals surface area contributed by atoms with Crippen LogP contribution in [0.15, 0.2) is 54.7 Å². The second-order valence-corrected chi connectivity index (χ2v) is 9.37. The Hall–Kier alpha value is -2.70. The van der Waals surface area contributed by atoms with E-state index in [1.54, 1.807) is 17.5 Å². The molecule has 2 N–H and O–H groups in total. The van der Waals surface area contributed by atoms with Crippen molar-refractivity contribution < 1.29 is 9.84 Å². The van der Waals surface area contributed by atoms with E-state index < -0.39 is 0 Å². The number of pyridine rings is 1. The van der Waals surface area contributed by atoms with E-state index in [1.165, 1.54) is 32.1 Å². The molecule has 0 saturated heterocycles. The average molecular weight is 434 g/mol. The molecule has 0 amide bonds. The van der Waals surface area contributed by atoms with Gasteiger partial charge in [-0.3, -0.25) is 4.98 Å². The number of aromatic nitrogens is 2. The van der Waals surface area contributed by atoms with Crippen molar-refractivity contribution in [3.63, 3.8) is 0 Å². The van der Waals surface area contributed by atoms with Crippen molar-refractivity contribution in [1.29, 1.82) is 0 Å². The second kappa shape index (κ2) is 9.20. The van der Waals surface area contributed by atoms with E-state index in [0.717, 1.165) is 44.2 Å². The highest BCUT2D eigenvalue weighted by atomic mass is 32.1. The Morgan fingerprint density at radius 2 is 1.94 bits per heavy atom. The van der Waals surface area contributed by atoms with Crippen LogP contribution in [0.3, 0.4) is 0 Å². The topological polar surface area (TPSA) is 67.3 Å². The Bertz CT molecular complexity index is 1160. The molecule has 0 radical (unpaired) electrons. The van der Waals surface area contributed by atoms with Crippen molar-refractivity contribution in [3.05, 3.63) is 54.7 Å². The number of para-hydroxylation sites is 1. The van der Waals surface area contributed by atoms with Gasteiger partial charge in [-0.2, -0.15) is 0 Å². The summed E-state index contributed by atoms with van der Waals surface area (Å²) in [5.41, 5.74) is 1.85. The fourth-order valence-corrected chi connectivity index (χ4v) is 5.47. The summed E-state index contributed by atoms with van der Waals surface area (Å²) in [5.74, 6) is 2.28. The zero-order valence-electron chi connectivity index (χ0n) is 17.5. The zero-order valence-corrected chi connectivity index (χ0v) is 18.3. The van der Waals surface area contributed by atoms with Gasteiger partial charge in [0.15, 0.2) is 5.13 Å². The summed E-state index contributed by atoms with van der Waals surface area (Å²) in [6.45, 7) is 0.135. The third-order valence-electron chi connectivity index (χ3n) is 6.09. The lowest BCUT2D eigenvalue weighted by molar-refractivity contribution is 0.237. The van der Waals surface area contributed by atoms with E-state index in [1.807, 2.05) is 48.5 Å². The van der Waals surface area contributed by atoms with Gasteiger partial charge in [0.25, 0.3) is 0 Å². The summed E-state index contributed by atoms with van der Waals surface area (Å²) in [5, 5.41) is 15.2. The molecule has 1 aliphatic carbocycles. The normalized spacial score (nSPS) is 15.9. The van der Waals surface area contributed by atoms with Crippen LogP contribution in [0.1, 0.15) is 38.5 Å². The largest absolute Gasteiger partial charge is 0.457 e. The summed E-state index contributed by atoms with van der Waals surface area (Å²) < 4.78 is 7.25. The summed E-state index contributed by atoms with van der Waals surface area (Å²) in [6.07, 6.45) is 9.33. The number of aliphatic hydroxyl groups excluding tert-OH is 1. The van der Waals surface area contributed by atoms with E-state index in [-0.39, 0.29) is 12.6 Å². The molecule has 5 nitrogen and oxygen atoms in total. The molecule has 1 fully saturated rings. The average Bonchev–Trinajstić information content (AvgIpc) is 3.21. The van der Waals surface area contributed by atoms with Crippen LogP contribution in [0.5, 0.6) is 11.5 Å². The van der Waals surface area contributed by atoms with Crippen LogP contribution in [0.4, 0.5) is 5.13 Å². The van der Waals surface area contributed by atoms with E-state index >= 15 is 0 Å². The highest BCUT2D eigenvalue weighted by molar-refractivity contribution is 7.22. The number of thiazole rings is 1. The van der Waals surface area contributed by atoms with Crippen LogP contribution >= 0.6 is 11.3 Å². The SMILES string of the molecule is OC[C@H](CC1CCCCC1)Nc1nc2ccc(Oc3ccnc4ccccc34)cc2s1. The van der Waals surface area contributed by atoms with Gasteiger partial charge < -0.3 is 15.2 Å². The highest BCUT2D eigenvalue weighted by Gasteiger charge is 2.19. The molecule has 0 spiro atoms. The van der Waals surface area contributed by atoms with Crippen molar-refractivity contribution in [2.45, 2.75) is 44.6 Å². The monoisotopic (exact) mass is 433 g/mol. The van der Waals surface area contributed by atoms with Crippen molar-refractivity contribution in [2.24, 2.45) is 5.92 Å². The zero-order chi connectivity index (χ0) is 21.0. The van der Waals surface area contributed by atoms with Gasteiger partial charge in [-0.1, -0.05) is 55.6 Å². The number of fused-ring (bicyclic) bond motifs is 2. The Kier molecular flexibility index (Phi) is 6.00. The Morgan fingerprint density at radius 3 is 2.81 bits per heavy atom. The molecular formula is C25H27N3O2S. The van der Waals surface area contributed by atoms with Gasteiger partial charge in [0, 0.05) is 17.6 Å². The Morgan fingerprint density at radius 1 is 1.06 bits per heavy atom. The number of hydrogen-bond acceptors (Lipinski definition) is 6. The van der Waals surface area contributed by atoms with E-state index in [2.05, 4.69) is 10.3 Å². The minimum Gasteiger partial charge on any atom is -0.457 e. The molecular weight excluding hydrogens is 406 g/mol. The summed E-state index contributed by atoms with van der Waals surface area (Å²) in [7, 11) is 0. The first kappa shape index (κ1) is 20.2. The fourth-order valence-electron chi connectivity index (χ4n) is 4.49. The fraction of sp³-hybridized carbons (Fsp3) is 0.360.